The van der Waals surface area contributed by atoms with Gasteiger partial charge in [0.15, 0.2) is 0 Å². The molecule has 0 spiro atoms. The van der Waals surface area contributed by atoms with Crippen molar-refractivity contribution in [3.8, 4) is 22.5 Å². The molecule has 8 rings (SSSR count). The van der Waals surface area contributed by atoms with Crippen LogP contribution in [-0.4, -0.2) is 92.3 Å². The second kappa shape index (κ2) is 17.3. The largest absolute Gasteiger partial charge is 0.464 e. The number of hydrogen-bond donors (Lipinski definition) is 2. The van der Waals surface area contributed by atoms with Crippen LogP contribution < -0.4 is 15.6 Å². The molecule has 14 nitrogen and oxygen atoms in total. The lowest BCUT2D eigenvalue weighted by Crippen LogP contribution is -2.62. The van der Waals surface area contributed by atoms with Gasteiger partial charge in [0.1, 0.15) is 18.1 Å². The molecule has 6 bridgehead atoms. The summed E-state index contributed by atoms with van der Waals surface area (Å²) in [6, 6.07) is 8.28. The van der Waals surface area contributed by atoms with Crippen molar-refractivity contribution in [1.82, 2.24) is 39.8 Å². The van der Waals surface area contributed by atoms with Crippen LogP contribution in [0.1, 0.15) is 88.9 Å². The van der Waals surface area contributed by atoms with Crippen LogP contribution in [0.25, 0.3) is 33.4 Å². The Hall–Kier alpha value is -5.12. The molecule has 4 atom stereocenters. The van der Waals surface area contributed by atoms with Crippen molar-refractivity contribution in [2.45, 2.75) is 117 Å². The standard InChI is InChI=1S/C46H59N9O5S/c1-9-53-37-17-16-29-21-32(37)33(41(53)31-14-10-18-47-39(31)28(4)59-8)23-46(5,6)26-60-44(58)34-15-12-20-55(51-34)43(57)35(22-38-49-36(29)25-61-38)50-42(56)40(27(2)3)52(7)45-48-24-30-13-11-19-54(30)45/h10,14,16-18,21,24-25,27-28,34-35,40,51H,9,11-13,15,19-20,22-23,26H2,1-8H3,(H,50,56)/t28-,34-,35-,40?/m0/s1. The fraction of sp³-hybridized carbons (Fsp3) is 0.522. The van der Waals surface area contributed by atoms with E-state index in [9.17, 15) is 14.4 Å². The van der Waals surface area contributed by atoms with Crippen molar-refractivity contribution in [3.05, 3.63) is 70.1 Å². The summed E-state index contributed by atoms with van der Waals surface area (Å²) in [5.41, 5.74) is 10.8. The first-order chi connectivity index (χ1) is 29.3. The Morgan fingerprint density at radius 2 is 1.97 bits per heavy atom. The third-order valence-corrected chi connectivity index (χ3v) is 13.4. The number of pyridine rings is 1. The number of aryl methyl sites for hydroxylation is 2. The Morgan fingerprint density at radius 1 is 1.15 bits per heavy atom. The molecule has 2 N–H and O–H groups in total. The molecule has 0 saturated carbocycles. The molecule has 4 aromatic heterocycles. The number of cyclic esters (lactones) is 1. The molecule has 2 amide bonds. The maximum Gasteiger partial charge on any atom is 0.324 e. The maximum absolute atomic E-state index is 14.6. The second-order valence-electron chi connectivity index (χ2n) is 17.9. The van der Waals surface area contributed by atoms with E-state index in [1.165, 1.54) is 16.3 Å². The summed E-state index contributed by atoms with van der Waals surface area (Å²) < 4.78 is 16.5. The van der Waals surface area contributed by atoms with E-state index >= 15 is 0 Å². The highest BCUT2D eigenvalue weighted by Crippen LogP contribution is 2.42. The van der Waals surface area contributed by atoms with Gasteiger partial charge in [0.05, 0.1) is 41.0 Å². The van der Waals surface area contributed by atoms with Gasteiger partial charge in [-0.1, -0.05) is 33.8 Å². The summed E-state index contributed by atoms with van der Waals surface area (Å²) in [7, 11) is 3.60. The maximum atomic E-state index is 14.6. The van der Waals surface area contributed by atoms with Crippen LogP contribution >= 0.6 is 11.3 Å². The first kappa shape index (κ1) is 42.6. The number of carbonyl (C=O) groups excluding carboxylic acids is 3. The summed E-state index contributed by atoms with van der Waals surface area (Å²) in [6.07, 6.45) is 7.37. The molecular weight excluding hydrogens is 791 g/mol. The molecule has 5 aromatic rings. The van der Waals surface area contributed by atoms with Crippen molar-refractivity contribution in [1.29, 1.82) is 0 Å². The molecule has 1 saturated heterocycles. The number of benzene rings is 1. The SMILES string of the molecule is CCn1c(-c2cccnc2[C@H](C)OC)c2c3cc(ccc31)-c1csc(n1)C[C@H](NC(=O)C(C(C)C)N(C)c1ncc3n1CCC3)C(=O)N1CCC[C@H](N1)C(=O)OCC(C)(C)C2. The normalized spacial score (nSPS) is 20.3. The molecule has 61 heavy (non-hydrogen) atoms. The predicted molar refractivity (Wildman–Crippen MR) is 237 cm³/mol. The van der Waals surface area contributed by atoms with Crippen molar-refractivity contribution >= 4 is 46.0 Å². The number of imidazole rings is 1. The van der Waals surface area contributed by atoms with Gasteiger partial charge in [0.25, 0.3) is 5.91 Å². The van der Waals surface area contributed by atoms with Gasteiger partial charge >= 0.3 is 5.97 Å². The number of likely N-dealkylation sites (N-methyl/N-ethyl adjacent to an activating group) is 1. The number of nitrogens with one attached hydrogen (secondary N) is 2. The van der Waals surface area contributed by atoms with E-state index in [1.807, 2.05) is 50.4 Å². The summed E-state index contributed by atoms with van der Waals surface area (Å²) in [5.74, 6) is -0.351. The summed E-state index contributed by atoms with van der Waals surface area (Å²) in [4.78, 5) is 59.5. The molecule has 1 aromatic carbocycles. The Kier molecular flexibility index (Phi) is 12.1. The average molecular weight is 850 g/mol. The van der Waals surface area contributed by atoms with Gasteiger partial charge in [0, 0.05) is 84.9 Å². The van der Waals surface area contributed by atoms with Crippen molar-refractivity contribution < 1.29 is 23.9 Å². The number of hydrazine groups is 1. The van der Waals surface area contributed by atoms with Gasteiger partial charge in [0.2, 0.25) is 11.9 Å². The van der Waals surface area contributed by atoms with Gasteiger partial charge < -0.3 is 28.8 Å². The zero-order valence-electron chi connectivity index (χ0n) is 36.7. The number of aromatic nitrogens is 5. The molecule has 324 valence electrons. The minimum Gasteiger partial charge on any atom is -0.464 e. The minimum atomic E-state index is -0.953. The van der Waals surface area contributed by atoms with Crippen molar-refractivity contribution in [3.63, 3.8) is 0 Å². The first-order valence-electron chi connectivity index (χ1n) is 21.7. The number of thiazole rings is 1. The van der Waals surface area contributed by atoms with Crippen LogP contribution in [-0.2, 0) is 56.2 Å². The highest BCUT2D eigenvalue weighted by molar-refractivity contribution is 7.10. The third kappa shape index (κ3) is 8.31. The van der Waals surface area contributed by atoms with E-state index in [2.05, 4.69) is 64.9 Å². The average Bonchev–Trinajstić information content (AvgIpc) is 4.06. The van der Waals surface area contributed by atoms with Crippen LogP contribution in [0, 0.1) is 11.3 Å². The fourth-order valence-corrected chi connectivity index (χ4v) is 10.3. The van der Waals surface area contributed by atoms with Gasteiger partial charge in [-0.25, -0.2) is 15.4 Å². The molecule has 3 aliphatic heterocycles. The first-order valence-corrected chi connectivity index (χ1v) is 22.6. The third-order valence-electron chi connectivity index (χ3n) is 12.5. The predicted octanol–water partition coefficient (Wildman–Crippen LogP) is 6.51. The molecule has 3 aliphatic rings. The lowest BCUT2D eigenvalue weighted by molar-refractivity contribution is -0.155. The summed E-state index contributed by atoms with van der Waals surface area (Å²) in [6.45, 7) is 14.5. The molecule has 1 fully saturated rings. The van der Waals surface area contributed by atoms with Crippen LogP contribution in [0.15, 0.2) is 48.1 Å². The number of amides is 2. The zero-order chi connectivity index (χ0) is 43.2. The van der Waals surface area contributed by atoms with Crippen LogP contribution in [0.5, 0.6) is 0 Å². The Morgan fingerprint density at radius 3 is 2.74 bits per heavy atom. The Balaban J connectivity index is 1.20. The lowest BCUT2D eigenvalue weighted by atomic mass is 9.84. The second-order valence-corrected chi connectivity index (χ2v) is 18.8. The number of hydrogen-bond acceptors (Lipinski definition) is 11. The molecule has 0 aliphatic carbocycles. The highest BCUT2D eigenvalue weighted by atomic mass is 32.1. The summed E-state index contributed by atoms with van der Waals surface area (Å²) >= 11 is 1.47. The number of carbonyl (C=O) groups is 3. The summed E-state index contributed by atoms with van der Waals surface area (Å²) in [5, 5.41) is 8.47. The molecule has 15 heteroatoms. The van der Waals surface area contributed by atoms with Crippen molar-refractivity contribution in [2.24, 2.45) is 11.3 Å². The zero-order valence-corrected chi connectivity index (χ0v) is 37.5. The van der Waals surface area contributed by atoms with Crippen LogP contribution in [0.4, 0.5) is 5.95 Å². The van der Waals surface area contributed by atoms with E-state index in [1.54, 1.807) is 13.3 Å². The molecule has 1 unspecified atom stereocenters. The number of fused-ring (bicyclic) bond motifs is 7. The lowest BCUT2D eigenvalue weighted by Gasteiger charge is -2.36. The Bertz CT molecular complexity index is 2430. The molecule has 7 heterocycles. The van der Waals surface area contributed by atoms with Gasteiger partial charge in [-0.3, -0.25) is 24.4 Å². The minimum absolute atomic E-state index is 0.0901. The van der Waals surface area contributed by atoms with E-state index in [0.29, 0.717) is 30.8 Å². The van der Waals surface area contributed by atoms with Gasteiger partial charge in [-0.05, 0) is 81.7 Å². The smallest absolute Gasteiger partial charge is 0.324 e. The van der Waals surface area contributed by atoms with Crippen LogP contribution in [0.3, 0.4) is 0 Å². The van der Waals surface area contributed by atoms with E-state index in [4.69, 9.17) is 24.4 Å². The fourth-order valence-electron chi connectivity index (χ4n) is 9.41. The quantitative estimate of drug-likeness (QED) is 0.158. The number of esters is 1. The Labute approximate surface area is 362 Å². The van der Waals surface area contributed by atoms with Gasteiger partial charge in [-0.2, -0.15) is 0 Å². The number of anilines is 1. The van der Waals surface area contributed by atoms with E-state index in [0.717, 1.165) is 82.2 Å². The topological polar surface area (TPSA) is 149 Å². The number of methoxy groups -OCH3 is 1. The number of rotatable bonds is 9. The van der Waals surface area contributed by atoms with Gasteiger partial charge in [-0.15, -0.1) is 11.3 Å². The monoisotopic (exact) mass is 849 g/mol. The number of ether oxygens (including phenoxy) is 2. The van der Waals surface area contributed by atoms with Crippen LogP contribution in [0.2, 0.25) is 0 Å². The van der Waals surface area contributed by atoms with E-state index < -0.39 is 29.5 Å². The van der Waals surface area contributed by atoms with E-state index in [-0.39, 0.29) is 36.9 Å². The molecule has 0 radical (unpaired) electrons. The van der Waals surface area contributed by atoms with Crippen molar-refractivity contribution in [2.75, 3.05) is 32.2 Å². The molecular formula is C46H59N9O5S. The highest BCUT2D eigenvalue weighted by Gasteiger charge is 2.38. The number of nitrogens with zero attached hydrogens (tertiary/aromatic N) is 7.